The third-order valence-electron chi connectivity index (χ3n) is 3.07. The molecule has 0 fully saturated rings. The van der Waals surface area contributed by atoms with Crippen LogP contribution in [0.25, 0.3) is 5.70 Å². The van der Waals surface area contributed by atoms with E-state index in [9.17, 15) is 5.11 Å². The highest BCUT2D eigenvalue weighted by Crippen LogP contribution is 2.15. The van der Waals surface area contributed by atoms with Gasteiger partial charge in [0.1, 0.15) is 0 Å². The maximum absolute atomic E-state index is 9.92. The summed E-state index contributed by atoms with van der Waals surface area (Å²) in [5.74, 6) is 0. The number of β-amino-alcohol motifs (C(OH)–C–C–N with tert-alkyl or cyclic N) is 1. The highest BCUT2D eigenvalue weighted by atomic mass is 16.3. The SMILES string of the molecule is OC1C=C(n2ncnn2)CN(Cc2ccccc2)C1. The smallest absolute Gasteiger partial charge is 0.162 e. The van der Waals surface area contributed by atoms with Crippen molar-refractivity contribution in [3.8, 4) is 0 Å². The lowest BCUT2D eigenvalue weighted by Crippen LogP contribution is -2.38. The molecule has 1 atom stereocenters. The van der Waals surface area contributed by atoms with Gasteiger partial charge in [-0.15, -0.1) is 15.0 Å². The van der Waals surface area contributed by atoms with Crippen LogP contribution in [0.5, 0.6) is 0 Å². The Kier molecular flexibility index (Phi) is 3.35. The number of nitrogens with zero attached hydrogens (tertiary/aromatic N) is 5. The number of hydrogen-bond acceptors (Lipinski definition) is 5. The second-order valence-corrected chi connectivity index (χ2v) is 4.61. The summed E-state index contributed by atoms with van der Waals surface area (Å²) in [6.07, 6.45) is 2.67. The van der Waals surface area contributed by atoms with Crippen LogP contribution in [-0.4, -0.2) is 49.4 Å². The van der Waals surface area contributed by atoms with Crippen molar-refractivity contribution in [2.75, 3.05) is 13.1 Å². The summed E-state index contributed by atoms with van der Waals surface area (Å²) in [7, 11) is 0. The summed E-state index contributed by atoms with van der Waals surface area (Å²) < 4.78 is 0. The van der Waals surface area contributed by atoms with Crippen LogP contribution in [0, 0.1) is 0 Å². The Morgan fingerprint density at radius 2 is 2.11 bits per heavy atom. The molecule has 2 heterocycles. The van der Waals surface area contributed by atoms with Gasteiger partial charge in [-0.05, 0) is 16.9 Å². The summed E-state index contributed by atoms with van der Waals surface area (Å²) in [4.78, 5) is 3.62. The summed E-state index contributed by atoms with van der Waals surface area (Å²) in [5, 5.41) is 21.5. The molecule has 0 saturated carbocycles. The first kappa shape index (κ1) is 12.0. The molecule has 0 amide bonds. The van der Waals surface area contributed by atoms with Crippen molar-refractivity contribution in [3.05, 3.63) is 48.3 Å². The quantitative estimate of drug-likeness (QED) is 0.861. The van der Waals surface area contributed by atoms with Gasteiger partial charge in [0.15, 0.2) is 6.33 Å². The van der Waals surface area contributed by atoms with E-state index >= 15 is 0 Å². The van der Waals surface area contributed by atoms with Crippen LogP contribution in [0.1, 0.15) is 5.56 Å². The molecule has 1 N–H and O–H groups in total. The summed E-state index contributed by atoms with van der Waals surface area (Å²) in [6, 6.07) is 10.2. The van der Waals surface area contributed by atoms with Crippen LogP contribution >= 0.6 is 0 Å². The summed E-state index contributed by atoms with van der Waals surface area (Å²) >= 11 is 0. The summed E-state index contributed by atoms with van der Waals surface area (Å²) in [6.45, 7) is 2.11. The second-order valence-electron chi connectivity index (χ2n) is 4.61. The van der Waals surface area contributed by atoms with Crippen LogP contribution in [0.2, 0.25) is 0 Å². The molecule has 1 aromatic carbocycles. The maximum atomic E-state index is 9.92. The minimum absolute atomic E-state index is 0.501. The Hall–Kier alpha value is -2.05. The van der Waals surface area contributed by atoms with Crippen molar-refractivity contribution >= 4 is 5.70 Å². The first-order valence-electron chi connectivity index (χ1n) is 6.19. The number of aromatic nitrogens is 4. The third kappa shape index (κ3) is 2.86. The van der Waals surface area contributed by atoms with E-state index in [2.05, 4.69) is 32.4 Å². The minimum Gasteiger partial charge on any atom is -0.388 e. The molecule has 2 aromatic rings. The van der Waals surface area contributed by atoms with E-state index in [1.165, 1.54) is 16.7 Å². The Balaban J connectivity index is 1.74. The van der Waals surface area contributed by atoms with E-state index in [4.69, 9.17) is 0 Å². The molecule has 0 radical (unpaired) electrons. The highest BCUT2D eigenvalue weighted by molar-refractivity contribution is 5.46. The topological polar surface area (TPSA) is 67.1 Å². The van der Waals surface area contributed by atoms with Crippen LogP contribution in [0.15, 0.2) is 42.7 Å². The molecule has 0 bridgehead atoms. The van der Waals surface area contributed by atoms with E-state index < -0.39 is 6.10 Å². The average molecular weight is 257 g/mol. The Labute approximate surface area is 111 Å². The number of hydrogen-bond donors (Lipinski definition) is 1. The monoisotopic (exact) mass is 257 g/mol. The van der Waals surface area contributed by atoms with Crippen molar-refractivity contribution < 1.29 is 5.11 Å². The lowest BCUT2D eigenvalue weighted by molar-refractivity contribution is 0.140. The van der Waals surface area contributed by atoms with Crippen molar-refractivity contribution in [2.45, 2.75) is 12.6 Å². The standard InChI is InChI=1S/C13H15N5O/c19-13-6-12(18-15-10-14-16-18)8-17(9-13)7-11-4-2-1-3-5-11/h1-6,10,13,19H,7-9H2. The summed E-state index contributed by atoms with van der Waals surface area (Å²) in [5.41, 5.74) is 2.08. The van der Waals surface area contributed by atoms with E-state index in [0.717, 1.165) is 12.2 Å². The zero-order valence-electron chi connectivity index (χ0n) is 10.4. The first-order valence-corrected chi connectivity index (χ1v) is 6.19. The Morgan fingerprint density at radius 1 is 1.26 bits per heavy atom. The minimum atomic E-state index is -0.501. The largest absolute Gasteiger partial charge is 0.388 e. The van der Waals surface area contributed by atoms with Crippen LogP contribution in [0.3, 0.4) is 0 Å². The van der Waals surface area contributed by atoms with Crippen LogP contribution < -0.4 is 0 Å². The molecule has 0 spiro atoms. The molecule has 19 heavy (non-hydrogen) atoms. The molecule has 1 aliphatic rings. The van der Waals surface area contributed by atoms with Gasteiger partial charge in [-0.1, -0.05) is 30.3 Å². The molecule has 0 aliphatic carbocycles. The molecule has 1 aliphatic heterocycles. The number of aliphatic hydroxyl groups is 1. The fraction of sp³-hybridized carbons (Fsp3) is 0.308. The van der Waals surface area contributed by atoms with Gasteiger partial charge in [-0.3, -0.25) is 4.90 Å². The van der Waals surface area contributed by atoms with E-state index in [0.29, 0.717) is 13.1 Å². The Bertz CT molecular complexity index is 552. The third-order valence-corrected chi connectivity index (χ3v) is 3.07. The van der Waals surface area contributed by atoms with Crippen molar-refractivity contribution in [1.82, 2.24) is 25.1 Å². The molecule has 0 saturated heterocycles. The number of rotatable bonds is 3. The Morgan fingerprint density at radius 3 is 2.84 bits per heavy atom. The van der Waals surface area contributed by atoms with Gasteiger partial charge in [-0.2, -0.15) is 0 Å². The molecular weight excluding hydrogens is 242 g/mol. The fourth-order valence-corrected chi connectivity index (χ4v) is 2.28. The molecular formula is C13H15N5O. The predicted octanol–water partition coefficient (Wildman–Crippen LogP) is 0.391. The zero-order chi connectivity index (χ0) is 13.1. The number of aliphatic hydroxyl groups excluding tert-OH is 1. The second kappa shape index (κ2) is 5.29. The van der Waals surface area contributed by atoms with E-state index in [1.54, 1.807) is 6.08 Å². The van der Waals surface area contributed by atoms with Gasteiger partial charge >= 0.3 is 0 Å². The van der Waals surface area contributed by atoms with Crippen molar-refractivity contribution in [3.63, 3.8) is 0 Å². The normalized spacial score (nSPS) is 20.3. The van der Waals surface area contributed by atoms with Gasteiger partial charge < -0.3 is 5.11 Å². The molecule has 6 nitrogen and oxygen atoms in total. The maximum Gasteiger partial charge on any atom is 0.162 e. The zero-order valence-corrected chi connectivity index (χ0v) is 10.4. The van der Waals surface area contributed by atoms with Gasteiger partial charge in [-0.25, -0.2) is 0 Å². The van der Waals surface area contributed by atoms with Gasteiger partial charge in [0.05, 0.1) is 11.8 Å². The molecule has 3 rings (SSSR count). The molecule has 1 unspecified atom stereocenters. The van der Waals surface area contributed by atoms with E-state index in [1.807, 2.05) is 18.2 Å². The predicted molar refractivity (Wildman–Crippen MR) is 69.8 cm³/mol. The highest BCUT2D eigenvalue weighted by Gasteiger charge is 2.20. The molecule has 98 valence electrons. The van der Waals surface area contributed by atoms with Gasteiger partial charge in [0, 0.05) is 19.6 Å². The lowest BCUT2D eigenvalue weighted by atomic mass is 10.1. The van der Waals surface area contributed by atoms with Crippen LogP contribution in [-0.2, 0) is 6.54 Å². The van der Waals surface area contributed by atoms with E-state index in [-0.39, 0.29) is 0 Å². The lowest BCUT2D eigenvalue weighted by Gasteiger charge is -2.29. The number of tetrazole rings is 1. The molecule has 6 heteroatoms. The van der Waals surface area contributed by atoms with Crippen molar-refractivity contribution in [1.29, 1.82) is 0 Å². The van der Waals surface area contributed by atoms with Gasteiger partial charge in [0.25, 0.3) is 0 Å². The fourth-order valence-electron chi connectivity index (χ4n) is 2.28. The van der Waals surface area contributed by atoms with Gasteiger partial charge in [0.2, 0.25) is 0 Å². The van der Waals surface area contributed by atoms with Crippen molar-refractivity contribution in [2.24, 2.45) is 0 Å². The number of benzene rings is 1. The average Bonchev–Trinajstić information content (AvgIpc) is 2.93. The molecule has 1 aromatic heterocycles. The first-order chi connectivity index (χ1) is 9.31. The van der Waals surface area contributed by atoms with Crippen LogP contribution in [0.4, 0.5) is 0 Å².